The minimum absolute atomic E-state index is 0.190. The molecule has 104 valence electrons. The Kier molecular flexibility index (Phi) is 5.94. The van der Waals surface area contributed by atoms with Crippen molar-refractivity contribution in [2.45, 2.75) is 51.0 Å². The maximum Gasteiger partial charge on any atom is 0.220 e. The summed E-state index contributed by atoms with van der Waals surface area (Å²) in [5, 5.41) is 6.43. The Labute approximate surface area is 110 Å². The molecule has 2 unspecified atom stereocenters. The maximum atomic E-state index is 11.7. The van der Waals surface area contributed by atoms with Crippen molar-refractivity contribution in [3.63, 3.8) is 0 Å². The van der Waals surface area contributed by atoms with Crippen molar-refractivity contribution < 1.29 is 9.53 Å². The van der Waals surface area contributed by atoms with Crippen molar-refractivity contribution in [2.75, 3.05) is 26.2 Å². The molecule has 2 fully saturated rings. The summed E-state index contributed by atoms with van der Waals surface area (Å²) in [4.78, 5) is 11.7. The number of ether oxygens (including phenoxy) is 1. The van der Waals surface area contributed by atoms with E-state index in [2.05, 4.69) is 10.6 Å². The first-order valence-corrected chi connectivity index (χ1v) is 7.43. The molecule has 0 saturated carbocycles. The fraction of sp³-hybridized carbons (Fsp3) is 0.929. The molecule has 2 N–H and O–H groups in total. The molecule has 2 aliphatic rings. The molecule has 0 aromatic heterocycles. The maximum absolute atomic E-state index is 11.7. The van der Waals surface area contributed by atoms with Crippen LogP contribution in [0.3, 0.4) is 0 Å². The Morgan fingerprint density at radius 1 is 1.28 bits per heavy atom. The van der Waals surface area contributed by atoms with Crippen LogP contribution in [-0.4, -0.2) is 38.3 Å². The van der Waals surface area contributed by atoms with Crippen molar-refractivity contribution in [2.24, 2.45) is 5.92 Å². The molecule has 4 heteroatoms. The smallest absolute Gasteiger partial charge is 0.220 e. The first kappa shape index (κ1) is 13.8. The molecule has 2 atom stereocenters. The molecule has 0 aromatic rings. The van der Waals surface area contributed by atoms with E-state index in [1.165, 1.54) is 25.7 Å². The fourth-order valence-electron chi connectivity index (χ4n) is 2.77. The monoisotopic (exact) mass is 254 g/mol. The van der Waals surface area contributed by atoms with Crippen LogP contribution in [0.5, 0.6) is 0 Å². The Hall–Kier alpha value is -0.610. The van der Waals surface area contributed by atoms with Gasteiger partial charge in [-0.2, -0.15) is 0 Å². The van der Waals surface area contributed by atoms with Gasteiger partial charge < -0.3 is 15.4 Å². The van der Waals surface area contributed by atoms with Gasteiger partial charge in [0.25, 0.3) is 0 Å². The molecule has 2 heterocycles. The summed E-state index contributed by atoms with van der Waals surface area (Å²) in [5.41, 5.74) is 0. The van der Waals surface area contributed by atoms with Crippen LogP contribution in [0.2, 0.25) is 0 Å². The number of carbonyl (C=O) groups excluding carboxylic acids is 1. The minimum Gasteiger partial charge on any atom is -0.378 e. The minimum atomic E-state index is 0.190. The van der Waals surface area contributed by atoms with E-state index < -0.39 is 0 Å². The van der Waals surface area contributed by atoms with E-state index in [4.69, 9.17) is 4.74 Å². The van der Waals surface area contributed by atoms with Gasteiger partial charge in [-0.3, -0.25) is 4.79 Å². The van der Waals surface area contributed by atoms with Crippen LogP contribution in [0.25, 0.3) is 0 Å². The molecule has 0 spiro atoms. The van der Waals surface area contributed by atoms with E-state index in [1.807, 2.05) is 0 Å². The molecule has 4 nitrogen and oxygen atoms in total. The molecule has 2 aliphatic heterocycles. The van der Waals surface area contributed by atoms with E-state index in [0.29, 0.717) is 18.4 Å². The van der Waals surface area contributed by atoms with E-state index in [1.54, 1.807) is 0 Å². The quantitative estimate of drug-likeness (QED) is 0.781. The molecule has 0 radical (unpaired) electrons. The van der Waals surface area contributed by atoms with Crippen molar-refractivity contribution in [3.05, 3.63) is 0 Å². The lowest BCUT2D eigenvalue weighted by molar-refractivity contribution is -0.122. The van der Waals surface area contributed by atoms with Gasteiger partial charge in [-0.25, -0.2) is 0 Å². The zero-order chi connectivity index (χ0) is 12.6. The predicted molar refractivity (Wildman–Crippen MR) is 71.4 cm³/mol. The average molecular weight is 254 g/mol. The van der Waals surface area contributed by atoms with Gasteiger partial charge in [-0.05, 0) is 57.5 Å². The molecule has 2 saturated heterocycles. The van der Waals surface area contributed by atoms with Crippen molar-refractivity contribution in [1.29, 1.82) is 0 Å². The lowest BCUT2D eigenvalue weighted by atomic mass is 9.99. The molecule has 0 bridgehead atoms. The van der Waals surface area contributed by atoms with Gasteiger partial charge in [0.2, 0.25) is 5.91 Å². The standard InChI is InChI=1S/C14H26N2O2/c17-14(7-6-13-5-1-2-9-18-13)16-11-12-4-3-8-15-10-12/h12-13,15H,1-11H2,(H,16,17). The summed E-state index contributed by atoms with van der Waals surface area (Å²) in [6.07, 6.45) is 7.84. The van der Waals surface area contributed by atoms with Crippen LogP contribution < -0.4 is 10.6 Å². The van der Waals surface area contributed by atoms with Crippen LogP contribution in [0.4, 0.5) is 0 Å². The molecule has 0 aromatic carbocycles. The van der Waals surface area contributed by atoms with E-state index in [-0.39, 0.29) is 5.91 Å². The van der Waals surface area contributed by atoms with Crippen LogP contribution in [0.15, 0.2) is 0 Å². The zero-order valence-electron chi connectivity index (χ0n) is 11.2. The number of rotatable bonds is 5. The third kappa shape index (κ3) is 4.94. The van der Waals surface area contributed by atoms with Gasteiger partial charge in [-0.1, -0.05) is 0 Å². The molecule has 1 amide bonds. The second-order valence-electron chi connectivity index (χ2n) is 5.54. The number of hydrogen-bond donors (Lipinski definition) is 2. The van der Waals surface area contributed by atoms with Gasteiger partial charge in [0.15, 0.2) is 0 Å². The zero-order valence-corrected chi connectivity index (χ0v) is 11.2. The SMILES string of the molecule is O=C(CCC1CCCCO1)NCC1CCCNC1. The Bertz CT molecular complexity index is 222. The Balaban J connectivity index is 1.54. The number of nitrogens with one attached hydrogen (secondary N) is 2. The molecule has 18 heavy (non-hydrogen) atoms. The van der Waals surface area contributed by atoms with Gasteiger partial charge in [0.05, 0.1) is 6.10 Å². The summed E-state index contributed by atoms with van der Waals surface area (Å²) in [6.45, 7) is 3.88. The first-order chi connectivity index (χ1) is 8.84. The summed E-state index contributed by atoms with van der Waals surface area (Å²) in [6, 6.07) is 0. The van der Waals surface area contributed by atoms with Crippen LogP contribution in [0, 0.1) is 5.92 Å². The highest BCUT2D eigenvalue weighted by Gasteiger charge is 2.17. The van der Waals surface area contributed by atoms with Crippen LogP contribution in [-0.2, 0) is 9.53 Å². The van der Waals surface area contributed by atoms with Gasteiger partial charge in [0.1, 0.15) is 0 Å². The molecular formula is C14H26N2O2. The molecular weight excluding hydrogens is 228 g/mol. The molecule has 0 aliphatic carbocycles. The topological polar surface area (TPSA) is 50.4 Å². The highest BCUT2D eigenvalue weighted by molar-refractivity contribution is 5.75. The fourth-order valence-corrected chi connectivity index (χ4v) is 2.77. The van der Waals surface area contributed by atoms with Gasteiger partial charge in [0, 0.05) is 19.6 Å². The molecule has 2 rings (SSSR count). The van der Waals surface area contributed by atoms with E-state index in [9.17, 15) is 4.79 Å². The largest absolute Gasteiger partial charge is 0.378 e. The average Bonchev–Trinajstić information content (AvgIpc) is 2.45. The lowest BCUT2D eigenvalue weighted by Gasteiger charge is -2.24. The first-order valence-electron chi connectivity index (χ1n) is 7.43. The van der Waals surface area contributed by atoms with Crippen LogP contribution >= 0.6 is 0 Å². The Morgan fingerprint density at radius 2 is 2.22 bits per heavy atom. The third-order valence-electron chi connectivity index (χ3n) is 3.95. The number of carbonyl (C=O) groups is 1. The number of hydrogen-bond acceptors (Lipinski definition) is 3. The lowest BCUT2D eigenvalue weighted by Crippen LogP contribution is -2.38. The summed E-state index contributed by atoms with van der Waals surface area (Å²) < 4.78 is 5.63. The highest BCUT2D eigenvalue weighted by atomic mass is 16.5. The van der Waals surface area contributed by atoms with Crippen molar-refractivity contribution >= 4 is 5.91 Å². The second kappa shape index (κ2) is 7.74. The van der Waals surface area contributed by atoms with E-state index in [0.717, 1.165) is 39.1 Å². The second-order valence-corrected chi connectivity index (χ2v) is 5.54. The summed E-state index contributed by atoms with van der Waals surface area (Å²) >= 11 is 0. The number of piperidine rings is 1. The third-order valence-corrected chi connectivity index (χ3v) is 3.95. The number of amides is 1. The normalized spacial score (nSPS) is 28.9. The predicted octanol–water partition coefficient (Wildman–Crippen LogP) is 1.45. The van der Waals surface area contributed by atoms with Gasteiger partial charge in [-0.15, -0.1) is 0 Å². The summed E-state index contributed by atoms with van der Waals surface area (Å²) in [7, 11) is 0. The summed E-state index contributed by atoms with van der Waals surface area (Å²) in [5.74, 6) is 0.809. The Morgan fingerprint density at radius 3 is 2.94 bits per heavy atom. The van der Waals surface area contributed by atoms with Crippen molar-refractivity contribution in [1.82, 2.24) is 10.6 Å². The highest BCUT2D eigenvalue weighted by Crippen LogP contribution is 2.16. The van der Waals surface area contributed by atoms with Crippen molar-refractivity contribution in [3.8, 4) is 0 Å². The van der Waals surface area contributed by atoms with Crippen LogP contribution in [0.1, 0.15) is 44.9 Å². The van der Waals surface area contributed by atoms with Gasteiger partial charge >= 0.3 is 0 Å². The van der Waals surface area contributed by atoms with E-state index >= 15 is 0 Å².